The Bertz CT molecular complexity index is 682. The number of benzene rings is 2. The third kappa shape index (κ3) is 2.99. The van der Waals surface area contributed by atoms with Gasteiger partial charge in [-0.25, -0.2) is 0 Å². The molecule has 1 aliphatic heterocycles. The number of nitrogens with two attached hydrogens (primary N) is 1. The van der Waals surface area contributed by atoms with Crippen molar-refractivity contribution in [3.63, 3.8) is 0 Å². The predicted molar refractivity (Wildman–Crippen MR) is 82.7 cm³/mol. The second-order valence-electron chi connectivity index (χ2n) is 5.38. The van der Waals surface area contributed by atoms with Crippen LogP contribution < -0.4 is 15.8 Å². The number of anilines is 1. The highest BCUT2D eigenvalue weighted by Crippen LogP contribution is 2.29. The summed E-state index contributed by atoms with van der Waals surface area (Å²) in [5.41, 5.74) is 9.17. The van der Waals surface area contributed by atoms with Gasteiger partial charge in [-0.2, -0.15) is 0 Å². The molecule has 4 heteroatoms. The van der Waals surface area contributed by atoms with Crippen LogP contribution in [-0.2, 0) is 6.42 Å². The van der Waals surface area contributed by atoms with Crippen LogP contribution in [0.3, 0.4) is 0 Å². The van der Waals surface area contributed by atoms with Gasteiger partial charge in [0.2, 0.25) is 5.91 Å². The molecule has 1 unspecified atom stereocenters. The number of hydrogen-bond donors (Lipinski definition) is 2. The molecule has 0 radical (unpaired) electrons. The van der Waals surface area contributed by atoms with Gasteiger partial charge in [-0.05, 0) is 36.8 Å². The van der Waals surface area contributed by atoms with E-state index in [-0.39, 0.29) is 6.10 Å². The van der Waals surface area contributed by atoms with Gasteiger partial charge >= 0.3 is 0 Å². The van der Waals surface area contributed by atoms with Crippen molar-refractivity contribution in [2.45, 2.75) is 19.4 Å². The molecule has 1 amide bonds. The normalized spacial score (nSPS) is 16.1. The average molecular weight is 282 g/mol. The summed E-state index contributed by atoms with van der Waals surface area (Å²) in [6.45, 7) is 2.77. The number of nitrogens with one attached hydrogen (secondary N) is 1. The lowest BCUT2D eigenvalue weighted by Gasteiger charge is -2.13. The number of rotatable bonds is 4. The Morgan fingerprint density at radius 1 is 1.33 bits per heavy atom. The van der Waals surface area contributed by atoms with E-state index in [9.17, 15) is 4.79 Å². The van der Waals surface area contributed by atoms with Crippen LogP contribution in [-0.4, -0.2) is 18.6 Å². The molecule has 0 saturated carbocycles. The van der Waals surface area contributed by atoms with Crippen molar-refractivity contribution in [2.24, 2.45) is 5.73 Å². The summed E-state index contributed by atoms with van der Waals surface area (Å²) in [7, 11) is 0. The summed E-state index contributed by atoms with van der Waals surface area (Å²) >= 11 is 0. The van der Waals surface area contributed by atoms with Crippen LogP contribution in [0.15, 0.2) is 42.5 Å². The number of hydrogen-bond acceptors (Lipinski definition) is 3. The number of carbonyl (C=O) groups excluding carboxylic acids is 1. The SMILES string of the molecule is Cc1ccc2c(c1)CC(CNc1cccc(C(N)=O)c1)O2. The Balaban J connectivity index is 1.62. The number of aryl methyl sites for hydroxylation is 1. The Morgan fingerprint density at radius 2 is 2.19 bits per heavy atom. The highest BCUT2D eigenvalue weighted by molar-refractivity contribution is 5.93. The predicted octanol–water partition coefficient (Wildman–Crippen LogP) is 2.51. The van der Waals surface area contributed by atoms with Gasteiger partial charge in [-0.3, -0.25) is 4.79 Å². The molecule has 0 spiro atoms. The molecular formula is C17H18N2O2. The van der Waals surface area contributed by atoms with Crippen molar-refractivity contribution >= 4 is 11.6 Å². The first-order valence-electron chi connectivity index (χ1n) is 7.02. The van der Waals surface area contributed by atoms with Crippen LogP contribution in [0.2, 0.25) is 0 Å². The summed E-state index contributed by atoms with van der Waals surface area (Å²) in [5.74, 6) is 0.553. The zero-order chi connectivity index (χ0) is 14.8. The van der Waals surface area contributed by atoms with Crippen LogP contribution in [0.4, 0.5) is 5.69 Å². The lowest BCUT2D eigenvalue weighted by atomic mass is 10.1. The number of amides is 1. The van der Waals surface area contributed by atoms with Gasteiger partial charge in [-0.15, -0.1) is 0 Å². The maximum Gasteiger partial charge on any atom is 0.248 e. The van der Waals surface area contributed by atoms with Crippen molar-refractivity contribution in [1.82, 2.24) is 0 Å². The van der Waals surface area contributed by atoms with Crippen LogP contribution in [0.5, 0.6) is 5.75 Å². The maximum atomic E-state index is 11.2. The zero-order valence-corrected chi connectivity index (χ0v) is 11.9. The van der Waals surface area contributed by atoms with Crippen molar-refractivity contribution in [2.75, 3.05) is 11.9 Å². The number of fused-ring (bicyclic) bond motifs is 1. The van der Waals surface area contributed by atoms with Crippen LogP contribution in [0.1, 0.15) is 21.5 Å². The van der Waals surface area contributed by atoms with E-state index >= 15 is 0 Å². The Labute approximate surface area is 123 Å². The van der Waals surface area contributed by atoms with Crippen LogP contribution in [0, 0.1) is 6.92 Å². The Kier molecular flexibility index (Phi) is 3.52. The molecule has 2 aromatic rings. The molecule has 3 N–H and O–H groups in total. The highest BCUT2D eigenvalue weighted by Gasteiger charge is 2.22. The molecule has 2 aromatic carbocycles. The topological polar surface area (TPSA) is 64.3 Å². The van der Waals surface area contributed by atoms with Gasteiger partial charge in [-0.1, -0.05) is 23.8 Å². The first kappa shape index (κ1) is 13.5. The van der Waals surface area contributed by atoms with Gasteiger partial charge in [0.25, 0.3) is 0 Å². The van der Waals surface area contributed by atoms with E-state index < -0.39 is 5.91 Å². The van der Waals surface area contributed by atoms with E-state index in [0.29, 0.717) is 12.1 Å². The third-order valence-electron chi connectivity index (χ3n) is 3.64. The minimum absolute atomic E-state index is 0.110. The summed E-state index contributed by atoms with van der Waals surface area (Å²) in [6.07, 6.45) is 1.01. The molecular weight excluding hydrogens is 264 g/mol. The molecule has 0 aromatic heterocycles. The van der Waals surface area contributed by atoms with E-state index in [1.165, 1.54) is 11.1 Å². The maximum absolute atomic E-state index is 11.2. The number of carbonyl (C=O) groups is 1. The quantitative estimate of drug-likeness (QED) is 0.905. The van der Waals surface area contributed by atoms with E-state index in [2.05, 4.69) is 24.4 Å². The minimum Gasteiger partial charge on any atom is -0.488 e. The summed E-state index contributed by atoms with van der Waals surface area (Å²) in [5, 5.41) is 3.30. The summed E-state index contributed by atoms with van der Waals surface area (Å²) in [4.78, 5) is 11.2. The van der Waals surface area contributed by atoms with Gasteiger partial charge in [0.1, 0.15) is 11.9 Å². The Hall–Kier alpha value is -2.49. The summed E-state index contributed by atoms with van der Waals surface area (Å²) < 4.78 is 5.91. The standard InChI is InChI=1S/C17H18N2O2/c1-11-5-6-16-13(7-11)9-15(21-16)10-19-14-4-2-3-12(8-14)17(18)20/h2-8,15,19H,9-10H2,1H3,(H2,18,20). The molecule has 1 heterocycles. The van der Waals surface area contributed by atoms with E-state index in [0.717, 1.165) is 17.9 Å². The lowest BCUT2D eigenvalue weighted by molar-refractivity contribution is 0.100. The largest absolute Gasteiger partial charge is 0.488 e. The number of ether oxygens (including phenoxy) is 1. The molecule has 3 rings (SSSR count). The van der Waals surface area contributed by atoms with Crippen molar-refractivity contribution in [3.05, 3.63) is 59.2 Å². The fourth-order valence-corrected chi connectivity index (χ4v) is 2.58. The van der Waals surface area contributed by atoms with Crippen LogP contribution >= 0.6 is 0 Å². The van der Waals surface area contributed by atoms with Crippen molar-refractivity contribution in [3.8, 4) is 5.75 Å². The third-order valence-corrected chi connectivity index (χ3v) is 3.64. The van der Waals surface area contributed by atoms with Gasteiger partial charge in [0.05, 0.1) is 6.54 Å². The Morgan fingerprint density at radius 3 is 3.00 bits per heavy atom. The number of primary amides is 1. The average Bonchev–Trinajstić information content (AvgIpc) is 2.87. The van der Waals surface area contributed by atoms with E-state index in [4.69, 9.17) is 10.5 Å². The second kappa shape index (κ2) is 5.48. The summed E-state index contributed by atoms with van der Waals surface area (Å²) in [6, 6.07) is 13.5. The zero-order valence-electron chi connectivity index (χ0n) is 11.9. The van der Waals surface area contributed by atoms with Crippen molar-refractivity contribution in [1.29, 1.82) is 0 Å². The molecule has 4 nitrogen and oxygen atoms in total. The molecule has 0 fully saturated rings. The second-order valence-corrected chi connectivity index (χ2v) is 5.38. The molecule has 0 bridgehead atoms. The van der Waals surface area contributed by atoms with Gasteiger partial charge < -0.3 is 15.8 Å². The molecule has 1 aliphatic rings. The first-order valence-corrected chi connectivity index (χ1v) is 7.02. The van der Waals surface area contributed by atoms with Crippen molar-refractivity contribution < 1.29 is 9.53 Å². The fraction of sp³-hybridized carbons (Fsp3) is 0.235. The monoisotopic (exact) mass is 282 g/mol. The molecule has 108 valence electrons. The van der Waals surface area contributed by atoms with Crippen LogP contribution in [0.25, 0.3) is 0 Å². The molecule has 0 saturated heterocycles. The fourth-order valence-electron chi connectivity index (χ4n) is 2.58. The molecule has 0 aliphatic carbocycles. The van der Waals surface area contributed by atoms with Gasteiger partial charge in [0, 0.05) is 17.7 Å². The highest BCUT2D eigenvalue weighted by atomic mass is 16.5. The molecule has 1 atom stereocenters. The smallest absolute Gasteiger partial charge is 0.248 e. The molecule has 21 heavy (non-hydrogen) atoms. The minimum atomic E-state index is -0.418. The van der Waals surface area contributed by atoms with Gasteiger partial charge in [0.15, 0.2) is 0 Å². The van der Waals surface area contributed by atoms with E-state index in [1.807, 2.05) is 18.2 Å². The first-order chi connectivity index (χ1) is 10.1. The van der Waals surface area contributed by atoms with E-state index in [1.54, 1.807) is 12.1 Å². The lowest BCUT2D eigenvalue weighted by Crippen LogP contribution is -2.24.